The Morgan fingerprint density at radius 1 is 1.05 bits per heavy atom. The van der Waals surface area contributed by atoms with Crippen LogP contribution in [0.1, 0.15) is 34.3 Å². The third-order valence-corrected chi connectivity index (χ3v) is 5.51. The zero-order valence-corrected chi connectivity index (χ0v) is 14.3. The second kappa shape index (κ2) is 5.12. The molecule has 0 amide bonds. The lowest BCUT2D eigenvalue weighted by atomic mass is 9.87. The molecule has 0 radical (unpaired) electrons. The standard InChI is InChI=1S/C17H14Br2O/c1-11-9-15(19)13(10-14(11)18)16(20)17(7-8-17)12-5-3-2-4-6-12/h2-6,9-10H,7-8H2,1H3. The highest BCUT2D eigenvalue weighted by Gasteiger charge is 2.51. The van der Waals surface area contributed by atoms with E-state index >= 15 is 0 Å². The van der Waals surface area contributed by atoms with Gasteiger partial charge in [0.25, 0.3) is 0 Å². The molecule has 0 saturated heterocycles. The maximum absolute atomic E-state index is 13.0. The molecule has 0 unspecified atom stereocenters. The number of hydrogen-bond donors (Lipinski definition) is 0. The summed E-state index contributed by atoms with van der Waals surface area (Å²) < 4.78 is 1.86. The lowest BCUT2D eigenvalue weighted by molar-refractivity contribution is 0.0945. The van der Waals surface area contributed by atoms with Crippen LogP contribution < -0.4 is 0 Å². The highest BCUT2D eigenvalue weighted by Crippen LogP contribution is 2.51. The molecule has 1 aliphatic carbocycles. The van der Waals surface area contributed by atoms with Gasteiger partial charge in [0.1, 0.15) is 0 Å². The minimum Gasteiger partial charge on any atom is -0.293 e. The van der Waals surface area contributed by atoms with Crippen LogP contribution in [0.2, 0.25) is 0 Å². The molecule has 20 heavy (non-hydrogen) atoms. The first-order chi connectivity index (χ1) is 9.54. The van der Waals surface area contributed by atoms with Crippen molar-refractivity contribution in [3.05, 3.63) is 68.1 Å². The average Bonchev–Trinajstić information content (AvgIpc) is 3.25. The van der Waals surface area contributed by atoms with Crippen LogP contribution >= 0.6 is 31.9 Å². The Hall–Kier alpha value is -0.930. The molecule has 0 bridgehead atoms. The Morgan fingerprint density at radius 3 is 2.30 bits per heavy atom. The molecule has 102 valence electrons. The van der Waals surface area contributed by atoms with Gasteiger partial charge in [-0.25, -0.2) is 0 Å². The number of hydrogen-bond acceptors (Lipinski definition) is 1. The van der Waals surface area contributed by atoms with Crippen molar-refractivity contribution < 1.29 is 4.79 Å². The number of Topliss-reactive ketones (excluding diaryl/α,β-unsaturated/α-hetero) is 1. The number of benzene rings is 2. The molecule has 3 heteroatoms. The van der Waals surface area contributed by atoms with Crippen molar-refractivity contribution in [2.45, 2.75) is 25.2 Å². The van der Waals surface area contributed by atoms with Gasteiger partial charge in [0.05, 0.1) is 5.41 Å². The number of rotatable bonds is 3. The molecule has 1 fully saturated rings. The van der Waals surface area contributed by atoms with Crippen LogP contribution in [0.3, 0.4) is 0 Å². The van der Waals surface area contributed by atoms with Crippen LogP contribution in [0, 0.1) is 6.92 Å². The second-order valence-corrected chi connectivity index (χ2v) is 7.07. The van der Waals surface area contributed by atoms with Gasteiger partial charge in [0.15, 0.2) is 5.78 Å². The van der Waals surface area contributed by atoms with Gasteiger partial charge >= 0.3 is 0 Å². The van der Waals surface area contributed by atoms with E-state index in [-0.39, 0.29) is 11.2 Å². The zero-order chi connectivity index (χ0) is 14.3. The number of ketones is 1. The lowest BCUT2D eigenvalue weighted by Gasteiger charge is -2.16. The summed E-state index contributed by atoms with van der Waals surface area (Å²) in [5.74, 6) is 0.219. The largest absolute Gasteiger partial charge is 0.293 e. The van der Waals surface area contributed by atoms with Crippen LogP contribution in [-0.4, -0.2) is 5.78 Å². The summed E-state index contributed by atoms with van der Waals surface area (Å²) >= 11 is 7.05. The van der Waals surface area contributed by atoms with E-state index in [0.717, 1.165) is 38.5 Å². The van der Waals surface area contributed by atoms with Gasteiger partial charge < -0.3 is 0 Å². The molecular weight excluding hydrogens is 380 g/mol. The maximum Gasteiger partial charge on any atom is 0.174 e. The van der Waals surface area contributed by atoms with Crippen LogP contribution in [0.25, 0.3) is 0 Å². The molecule has 2 aromatic carbocycles. The van der Waals surface area contributed by atoms with Crippen LogP contribution in [0.15, 0.2) is 51.4 Å². The number of carbonyl (C=O) groups excluding carboxylic acids is 1. The molecule has 2 aromatic rings. The molecule has 1 nitrogen and oxygen atoms in total. The molecule has 3 rings (SSSR count). The van der Waals surface area contributed by atoms with Gasteiger partial charge in [-0.05, 0) is 43.0 Å². The molecule has 0 atom stereocenters. The quantitative estimate of drug-likeness (QED) is 0.635. The summed E-state index contributed by atoms with van der Waals surface area (Å²) in [4.78, 5) is 13.0. The maximum atomic E-state index is 13.0. The second-order valence-electron chi connectivity index (χ2n) is 5.36. The minimum atomic E-state index is -0.307. The van der Waals surface area contributed by atoms with E-state index in [4.69, 9.17) is 0 Å². The Labute approximate surface area is 135 Å². The Kier molecular flexibility index (Phi) is 3.59. The van der Waals surface area contributed by atoms with Gasteiger partial charge in [-0.15, -0.1) is 0 Å². The van der Waals surface area contributed by atoms with Crippen molar-refractivity contribution in [1.29, 1.82) is 0 Å². The first kappa shape index (κ1) is 14.0. The summed E-state index contributed by atoms with van der Waals surface area (Å²) in [6.45, 7) is 2.02. The Morgan fingerprint density at radius 2 is 1.70 bits per heavy atom. The SMILES string of the molecule is Cc1cc(Br)c(C(=O)C2(c3ccccc3)CC2)cc1Br. The van der Waals surface area contributed by atoms with Crippen molar-refractivity contribution in [3.8, 4) is 0 Å². The van der Waals surface area contributed by atoms with Gasteiger partial charge in [0, 0.05) is 14.5 Å². The summed E-state index contributed by atoms with van der Waals surface area (Å²) in [6.07, 6.45) is 1.88. The van der Waals surface area contributed by atoms with Crippen molar-refractivity contribution in [2.75, 3.05) is 0 Å². The zero-order valence-electron chi connectivity index (χ0n) is 11.1. The first-order valence-corrected chi connectivity index (χ1v) is 8.19. The molecule has 0 aromatic heterocycles. The van der Waals surface area contributed by atoms with E-state index in [1.54, 1.807) is 0 Å². The summed E-state index contributed by atoms with van der Waals surface area (Å²) in [7, 11) is 0. The topological polar surface area (TPSA) is 17.1 Å². The fourth-order valence-electron chi connectivity index (χ4n) is 2.61. The third kappa shape index (κ3) is 2.27. The van der Waals surface area contributed by atoms with Gasteiger partial charge in [-0.1, -0.05) is 62.2 Å². The number of carbonyl (C=O) groups is 1. The van der Waals surface area contributed by atoms with Gasteiger partial charge in [0.2, 0.25) is 0 Å². The summed E-state index contributed by atoms with van der Waals surface area (Å²) in [5, 5.41) is 0. The van der Waals surface area contributed by atoms with Crippen molar-refractivity contribution >= 4 is 37.6 Å². The molecule has 1 aliphatic rings. The molecule has 0 heterocycles. The van der Waals surface area contributed by atoms with E-state index in [2.05, 4.69) is 44.0 Å². The summed E-state index contributed by atoms with van der Waals surface area (Å²) in [6, 6.07) is 14.0. The molecular formula is C17H14Br2O. The highest BCUT2D eigenvalue weighted by atomic mass is 79.9. The van der Waals surface area contributed by atoms with Gasteiger partial charge in [-0.2, -0.15) is 0 Å². The predicted molar refractivity (Wildman–Crippen MR) is 88.3 cm³/mol. The van der Waals surface area contributed by atoms with Crippen LogP contribution in [0.4, 0.5) is 0 Å². The smallest absolute Gasteiger partial charge is 0.174 e. The van der Waals surface area contributed by atoms with Crippen molar-refractivity contribution in [2.24, 2.45) is 0 Å². The first-order valence-electron chi connectivity index (χ1n) is 6.60. The average molecular weight is 394 g/mol. The van der Waals surface area contributed by atoms with Crippen molar-refractivity contribution in [1.82, 2.24) is 0 Å². The van der Waals surface area contributed by atoms with E-state index < -0.39 is 0 Å². The van der Waals surface area contributed by atoms with Crippen LogP contribution in [0.5, 0.6) is 0 Å². The predicted octanol–water partition coefficient (Wildman–Crippen LogP) is 5.43. The number of aryl methyl sites for hydroxylation is 1. The van der Waals surface area contributed by atoms with Crippen molar-refractivity contribution in [3.63, 3.8) is 0 Å². The van der Waals surface area contributed by atoms with E-state index in [9.17, 15) is 4.79 Å². The van der Waals surface area contributed by atoms with E-state index in [1.807, 2.05) is 37.3 Å². The fraction of sp³-hybridized carbons (Fsp3) is 0.235. The van der Waals surface area contributed by atoms with Crippen LogP contribution in [-0.2, 0) is 5.41 Å². The highest BCUT2D eigenvalue weighted by molar-refractivity contribution is 9.11. The van der Waals surface area contributed by atoms with E-state index in [0.29, 0.717) is 0 Å². The Balaban J connectivity index is 2.04. The normalized spacial score (nSPS) is 15.9. The molecule has 0 spiro atoms. The third-order valence-electron chi connectivity index (χ3n) is 4.00. The fourth-order valence-corrected chi connectivity index (χ4v) is 3.59. The van der Waals surface area contributed by atoms with E-state index in [1.165, 1.54) is 0 Å². The molecule has 0 N–H and O–H groups in total. The monoisotopic (exact) mass is 392 g/mol. The molecule has 1 saturated carbocycles. The summed E-state index contributed by atoms with van der Waals surface area (Å²) in [5.41, 5.74) is 2.72. The van der Waals surface area contributed by atoms with Gasteiger partial charge in [-0.3, -0.25) is 4.79 Å². The Bertz CT molecular complexity index is 673. The minimum absolute atomic E-state index is 0.219. The molecule has 0 aliphatic heterocycles. The lowest BCUT2D eigenvalue weighted by Crippen LogP contribution is -2.21. The number of halogens is 2.